The highest BCUT2D eigenvalue weighted by Crippen LogP contribution is 2.38. The van der Waals surface area contributed by atoms with Crippen LogP contribution in [0.5, 0.6) is 5.75 Å². The Balaban J connectivity index is 2.10. The predicted molar refractivity (Wildman–Crippen MR) is 110 cm³/mol. The van der Waals surface area contributed by atoms with Gasteiger partial charge in [-0.3, -0.25) is 4.79 Å². The molecule has 1 amide bonds. The third kappa shape index (κ3) is 4.04. The molecule has 0 N–H and O–H groups in total. The Kier molecular flexibility index (Phi) is 5.71. The third-order valence-electron chi connectivity index (χ3n) is 5.46. The fourth-order valence-electron chi connectivity index (χ4n) is 2.67. The van der Waals surface area contributed by atoms with Crippen molar-refractivity contribution >= 4 is 19.9 Å². The molecule has 4 nitrogen and oxygen atoms in total. The third-order valence-corrected chi connectivity index (χ3v) is 9.84. The Morgan fingerprint density at radius 1 is 1.23 bits per heavy atom. The van der Waals surface area contributed by atoms with E-state index in [2.05, 4.69) is 40.4 Å². The second kappa shape index (κ2) is 7.31. The summed E-state index contributed by atoms with van der Waals surface area (Å²) in [4.78, 5) is 14.2. The molecular formula is C21H31NO3Si. The van der Waals surface area contributed by atoms with Gasteiger partial charge in [-0.1, -0.05) is 40.3 Å². The molecule has 26 heavy (non-hydrogen) atoms. The number of hydrogen-bond acceptors (Lipinski definition) is 3. The number of ether oxygens (including phenoxy) is 1. The smallest absolute Gasteiger partial charge is 0.250 e. The molecule has 0 aromatic heterocycles. The number of rotatable bonds is 6. The summed E-state index contributed by atoms with van der Waals surface area (Å²) in [5.41, 5.74) is 0.875. The molecule has 0 saturated carbocycles. The average molecular weight is 374 g/mol. The van der Waals surface area contributed by atoms with E-state index in [1.54, 1.807) is 12.0 Å². The molecule has 0 aliphatic carbocycles. The lowest BCUT2D eigenvalue weighted by atomic mass is 9.88. The lowest BCUT2D eigenvalue weighted by molar-refractivity contribution is -0.128. The SMILES string of the molecule is C=C(/C=C/[C@@H]1[C@H](C)C(=O)N1c1ccc(OC)cc1)O[Si](C)(C)C(C)(C)C. The van der Waals surface area contributed by atoms with Crippen molar-refractivity contribution in [2.45, 2.75) is 51.9 Å². The molecule has 1 aliphatic heterocycles. The largest absolute Gasteiger partial charge is 0.544 e. The van der Waals surface area contributed by atoms with Crippen LogP contribution in [0, 0.1) is 5.92 Å². The summed E-state index contributed by atoms with van der Waals surface area (Å²) < 4.78 is 11.4. The van der Waals surface area contributed by atoms with Gasteiger partial charge in [0.15, 0.2) is 0 Å². The van der Waals surface area contributed by atoms with Crippen LogP contribution >= 0.6 is 0 Å². The van der Waals surface area contributed by atoms with Crippen molar-refractivity contribution in [3.05, 3.63) is 48.8 Å². The highest BCUT2D eigenvalue weighted by Gasteiger charge is 2.43. The van der Waals surface area contributed by atoms with Gasteiger partial charge >= 0.3 is 0 Å². The molecule has 1 heterocycles. The molecule has 1 fully saturated rings. The molecule has 2 atom stereocenters. The predicted octanol–water partition coefficient (Wildman–Crippen LogP) is 5.14. The van der Waals surface area contributed by atoms with E-state index < -0.39 is 8.32 Å². The van der Waals surface area contributed by atoms with Crippen molar-refractivity contribution in [3.8, 4) is 5.75 Å². The van der Waals surface area contributed by atoms with Crippen LogP contribution in [0.15, 0.2) is 48.8 Å². The van der Waals surface area contributed by atoms with Crippen molar-refractivity contribution in [1.29, 1.82) is 0 Å². The monoisotopic (exact) mass is 373 g/mol. The number of anilines is 1. The van der Waals surface area contributed by atoms with Gasteiger partial charge in [0, 0.05) is 5.69 Å². The van der Waals surface area contributed by atoms with Crippen LogP contribution in [0.4, 0.5) is 5.69 Å². The zero-order valence-corrected chi connectivity index (χ0v) is 18.0. The minimum absolute atomic E-state index is 0.00987. The van der Waals surface area contributed by atoms with Crippen molar-refractivity contribution in [1.82, 2.24) is 0 Å². The van der Waals surface area contributed by atoms with Gasteiger partial charge in [0.25, 0.3) is 0 Å². The van der Waals surface area contributed by atoms with Gasteiger partial charge in [-0.2, -0.15) is 0 Å². The lowest BCUT2D eigenvalue weighted by Crippen LogP contribution is -2.59. The van der Waals surface area contributed by atoms with Crippen LogP contribution in [0.25, 0.3) is 0 Å². The summed E-state index contributed by atoms with van der Waals surface area (Å²) in [6, 6.07) is 7.56. The van der Waals surface area contributed by atoms with Crippen LogP contribution in [0.1, 0.15) is 27.7 Å². The molecule has 142 valence electrons. The molecule has 1 aliphatic rings. The van der Waals surface area contributed by atoms with E-state index in [9.17, 15) is 4.79 Å². The van der Waals surface area contributed by atoms with Gasteiger partial charge in [-0.25, -0.2) is 0 Å². The van der Waals surface area contributed by atoms with E-state index in [1.165, 1.54) is 0 Å². The highest BCUT2D eigenvalue weighted by molar-refractivity contribution is 6.74. The van der Waals surface area contributed by atoms with E-state index in [-0.39, 0.29) is 22.9 Å². The van der Waals surface area contributed by atoms with Crippen molar-refractivity contribution < 1.29 is 14.0 Å². The van der Waals surface area contributed by atoms with E-state index >= 15 is 0 Å². The highest BCUT2D eigenvalue weighted by atomic mass is 28.4. The van der Waals surface area contributed by atoms with Crippen LogP contribution in [0.2, 0.25) is 18.1 Å². The number of β-lactam (4-membered cyclic amide) rings is 1. The summed E-state index contributed by atoms with van der Waals surface area (Å²) in [6.07, 6.45) is 3.93. The first kappa shape index (κ1) is 20.3. The van der Waals surface area contributed by atoms with Gasteiger partial charge in [-0.05, 0) is 48.5 Å². The molecule has 0 bridgehead atoms. The van der Waals surface area contributed by atoms with Crippen molar-refractivity contribution in [2.75, 3.05) is 12.0 Å². The first-order valence-corrected chi connectivity index (χ1v) is 11.9. The standard InChI is InChI=1S/C21H31NO3Si/c1-15(25-26(7,8)21(3,4)5)9-14-19-16(2)20(23)22(19)17-10-12-18(24-6)13-11-17/h9-14,16,19H,1H2,2-8H3/b14-9+/t16-,19+/m0/s1. The maximum absolute atomic E-state index is 12.3. The Morgan fingerprint density at radius 2 is 1.81 bits per heavy atom. The van der Waals surface area contributed by atoms with Crippen molar-refractivity contribution in [2.24, 2.45) is 5.92 Å². The lowest BCUT2D eigenvalue weighted by Gasteiger charge is -2.44. The summed E-state index contributed by atoms with van der Waals surface area (Å²) in [5.74, 6) is 1.52. The molecule has 0 radical (unpaired) electrons. The molecule has 5 heteroatoms. The molecule has 1 saturated heterocycles. The minimum atomic E-state index is -1.90. The second-order valence-corrected chi connectivity index (χ2v) is 13.1. The zero-order valence-electron chi connectivity index (χ0n) is 17.0. The number of amides is 1. The fraction of sp³-hybridized carbons (Fsp3) is 0.476. The first-order chi connectivity index (χ1) is 12.0. The number of carbonyl (C=O) groups excluding carboxylic acids is 1. The molecule has 2 rings (SSSR count). The fourth-order valence-corrected chi connectivity index (χ4v) is 3.70. The van der Waals surface area contributed by atoms with Crippen LogP contribution in [-0.4, -0.2) is 27.4 Å². The van der Waals surface area contributed by atoms with Crippen molar-refractivity contribution in [3.63, 3.8) is 0 Å². The second-order valence-electron chi connectivity index (χ2n) is 8.37. The first-order valence-electron chi connectivity index (χ1n) is 9.01. The Bertz CT molecular complexity index is 701. The number of hydrogen-bond donors (Lipinski definition) is 0. The zero-order chi connectivity index (χ0) is 19.7. The topological polar surface area (TPSA) is 38.8 Å². The number of nitrogens with zero attached hydrogens (tertiary/aromatic N) is 1. The van der Waals surface area contributed by atoms with E-state index in [0.29, 0.717) is 5.76 Å². The van der Waals surface area contributed by atoms with Crippen LogP contribution in [-0.2, 0) is 9.22 Å². The van der Waals surface area contributed by atoms with E-state index in [1.807, 2.05) is 43.3 Å². The summed E-state index contributed by atoms with van der Waals surface area (Å²) in [7, 11) is -0.269. The van der Waals surface area contributed by atoms with E-state index in [4.69, 9.17) is 9.16 Å². The Morgan fingerprint density at radius 3 is 2.31 bits per heavy atom. The van der Waals surface area contributed by atoms with E-state index in [0.717, 1.165) is 11.4 Å². The quantitative estimate of drug-likeness (QED) is 0.300. The Labute approximate surface area is 158 Å². The summed E-state index contributed by atoms with van der Waals surface area (Å²) in [5, 5.41) is 0.124. The van der Waals surface area contributed by atoms with Gasteiger partial charge in [0.05, 0.1) is 24.8 Å². The van der Waals surface area contributed by atoms with Gasteiger partial charge in [0.1, 0.15) is 5.75 Å². The molecule has 0 spiro atoms. The molecule has 0 unspecified atom stereocenters. The van der Waals surface area contributed by atoms with Gasteiger partial charge in [-0.15, -0.1) is 0 Å². The average Bonchev–Trinajstić information content (AvgIpc) is 2.56. The number of methoxy groups -OCH3 is 1. The molecular weight excluding hydrogens is 342 g/mol. The normalized spacial score (nSPS) is 20.9. The minimum Gasteiger partial charge on any atom is -0.544 e. The Hall–Kier alpha value is -2.01. The summed E-state index contributed by atoms with van der Waals surface area (Å²) >= 11 is 0. The summed E-state index contributed by atoms with van der Waals surface area (Å²) in [6.45, 7) is 17.0. The number of benzene rings is 1. The van der Waals surface area contributed by atoms with Crippen LogP contribution in [0.3, 0.4) is 0 Å². The van der Waals surface area contributed by atoms with Crippen LogP contribution < -0.4 is 9.64 Å². The molecule has 1 aromatic carbocycles. The van der Waals surface area contributed by atoms with Gasteiger partial charge in [0.2, 0.25) is 14.2 Å². The molecule has 1 aromatic rings. The maximum atomic E-state index is 12.3. The maximum Gasteiger partial charge on any atom is 0.250 e. The number of carbonyl (C=O) groups is 1. The number of allylic oxidation sites excluding steroid dienone is 1. The van der Waals surface area contributed by atoms with Gasteiger partial charge < -0.3 is 14.1 Å².